The summed E-state index contributed by atoms with van der Waals surface area (Å²) in [6.07, 6.45) is -5.27. The third-order valence-electron chi connectivity index (χ3n) is 6.74. The molecular formula is C30H26F3N5O4. The van der Waals surface area contributed by atoms with Gasteiger partial charge in [0.25, 0.3) is 11.8 Å². The number of carbonyl (C=O) groups excluding carboxylic acids is 3. The Kier molecular flexibility index (Phi) is 9.22. The highest BCUT2D eigenvalue weighted by atomic mass is 19.4. The normalized spacial score (nSPS) is 14.1. The van der Waals surface area contributed by atoms with Gasteiger partial charge in [-0.25, -0.2) is 4.79 Å². The number of guanidine groups is 1. The van der Waals surface area contributed by atoms with Gasteiger partial charge in [0, 0.05) is 24.2 Å². The number of likely N-dealkylation sites (tertiary alicyclic amines) is 1. The Morgan fingerprint density at radius 1 is 1.00 bits per heavy atom. The van der Waals surface area contributed by atoms with Crippen molar-refractivity contribution in [3.05, 3.63) is 106 Å². The van der Waals surface area contributed by atoms with Crippen LogP contribution in [0.3, 0.4) is 0 Å². The van der Waals surface area contributed by atoms with Crippen LogP contribution in [0.2, 0.25) is 0 Å². The fourth-order valence-corrected chi connectivity index (χ4v) is 4.66. The van der Waals surface area contributed by atoms with E-state index in [1.807, 2.05) is 6.07 Å². The first-order valence-electron chi connectivity index (χ1n) is 12.9. The summed E-state index contributed by atoms with van der Waals surface area (Å²) in [4.78, 5) is 42.3. The fraction of sp³-hybridized carbons (Fsp3) is 0.233. The minimum Gasteiger partial charge on any atom is -0.443 e. The van der Waals surface area contributed by atoms with Crippen LogP contribution in [0.4, 0.5) is 18.0 Å². The van der Waals surface area contributed by atoms with Crippen molar-refractivity contribution >= 4 is 23.9 Å². The lowest BCUT2D eigenvalue weighted by Gasteiger charge is -2.33. The summed E-state index contributed by atoms with van der Waals surface area (Å²) in [7, 11) is 0. The van der Waals surface area contributed by atoms with Gasteiger partial charge in [0.2, 0.25) is 5.96 Å². The predicted octanol–water partition coefficient (Wildman–Crippen LogP) is 4.98. The van der Waals surface area contributed by atoms with Crippen LogP contribution < -0.4 is 11.1 Å². The van der Waals surface area contributed by atoms with E-state index < -0.39 is 35.6 Å². The zero-order valence-corrected chi connectivity index (χ0v) is 22.2. The molecule has 0 bridgehead atoms. The number of piperidine rings is 1. The Bertz CT molecular complexity index is 1540. The van der Waals surface area contributed by atoms with Gasteiger partial charge in [0.05, 0.1) is 17.2 Å². The highest BCUT2D eigenvalue weighted by Crippen LogP contribution is 2.39. The molecular weight excluding hydrogens is 551 g/mol. The minimum atomic E-state index is -4.75. The van der Waals surface area contributed by atoms with Gasteiger partial charge in [0.15, 0.2) is 0 Å². The van der Waals surface area contributed by atoms with Crippen LogP contribution in [0.5, 0.6) is 0 Å². The van der Waals surface area contributed by atoms with E-state index in [2.05, 4.69) is 10.3 Å². The number of nitrogens with one attached hydrogen (secondary N) is 1. The average molecular weight is 578 g/mol. The minimum absolute atomic E-state index is 0.0174. The maximum atomic E-state index is 14.1. The van der Waals surface area contributed by atoms with Crippen molar-refractivity contribution in [2.24, 2.45) is 10.7 Å². The maximum absolute atomic E-state index is 14.1. The van der Waals surface area contributed by atoms with Crippen molar-refractivity contribution in [1.82, 2.24) is 10.2 Å². The van der Waals surface area contributed by atoms with Gasteiger partial charge in [-0.3, -0.25) is 14.9 Å². The number of ether oxygens (including phenoxy) is 1. The molecule has 0 spiro atoms. The van der Waals surface area contributed by atoms with Crippen molar-refractivity contribution in [3.63, 3.8) is 0 Å². The molecule has 0 unspecified atom stereocenters. The molecule has 1 aliphatic rings. The van der Waals surface area contributed by atoms with Gasteiger partial charge < -0.3 is 15.4 Å². The van der Waals surface area contributed by atoms with E-state index in [0.29, 0.717) is 16.7 Å². The van der Waals surface area contributed by atoms with Gasteiger partial charge in [-0.15, -0.1) is 4.99 Å². The second kappa shape index (κ2) is 13.0. The Balaban J connectivity index is 1.41. The predicted molar refractivity (Wildman–Crippen MR) is 146 cm³/mol. The lowest BCUT2D eigenvalue weighted by Crippen LogP contribution is -2.38. The summed E-state index contributed by atoms with van der Waals surface area (Å²) in [5.41, 5.74) is 5.69. The third kappa shape index (κ3) is 7.51. The summed E-state index contributed by atoms with van der Waals surface area (Å²) in [6, 6.07) is 20.2. The average Bonchev–Trinajstić information content (AvgIpc) is 2.99. The van der Waals surface area contributed by atoms with Crippen LogP contribution in [0.15, 0.2) is 77.8 Å². The highest BCUT2D eigenvalue weighted by molar-refractivity contribution is 6.07. The maximum Gasteiger partial charge on any atom is 0.437 e. The van der Waals surface area contributed by atoms with Gasteiger partial charge in [-0.05, 0) is 60.2 Å². The summed E-state index contributed by atoms with van der Waals surface area (Å²) >= 11 is 0. The monoisotopic (exact) mass is 577 g/mol. The highest BCUT2D eigenvalue weighted by Gasteiger charge is 2.37. The number of rotatable bonds is 5. The van der Waals surface area contributed by atoms with E-state index in [1.54, 1.807) is 53.4 Å². The number of alkyl halides is 3. The zero-order valence-electron chi connectivity index (χ0n) is 22.2. The molecule has 3 amide bonds. The molecule has 1 heterocycles. The number of halogens is 3. The summed E-state index contributed by atoms with van der Waals surface area (Å²) in [6.45, 7) is 0.378. The lowest BCUT2D eigenvalue weighted by atomic mass is 9.85. The molecule has 3 aromatic carbocycles. The Labute approximate surface area is 239 Å². The molecule has 1 saturated heterocycles. The first-order valence-corrected chi connectivity index (χ1v) is 12.9. The summed E-state index contributed by atoms with van der Waals surface area (Å²) in [5, 5.41) is 11.2. The SMILES string of the molecule is N#Cc1cccc(C(=O)N2CCC(c3ccc(C(=O)N/C(N)=N\C(=O)OCc4ccccc4)cc3C(F)(F)F)CC2)c1. The number of nitriles is 1. The lowest BCUT2D eigenvalue weighted by molar-refractivity contribution is -0.138. The van der Waals surface area contributed by atoms with Crippen LogP contribution >= 0.6 is 0 Å². The van der Waals surface area contributed by atoms with Gasteiger partial charge in [-0.2, -0.15) is 18.4 Å². The largest absolute Gasteiger partial charge is 0.443 e. The topological polar surface area (TPSA) is 138 Å². The molecule has 12 heteroatoms. The smallest absolute Gasteiger partial charge is 0.437 e. The van der Waals surface area contributed by atoms with E-state index >= 15 is 0 Å². The molecule has 9 nitrogen and oxygen atoms in total. The molecule has 0 atom stereocenters. The second-order valence-electron chi connectivity index (χ2n) is 9.55. The zero-order chi connectivity index (χ0) is 30.3. The molecule has 0 aromatic heterocycles. The van der Waals surface area contributed by atoms with Crippen molar-refractivity contribution < 1.29 is 32.3 Å². The van der Waals surface area contributed by atoms with Gasteiger partial charge in [-0.1, -0.05) is 42.5 Å². The number of carbonyl (C=O) groups is 3. The molecule has 1 aliphatic heterocycles. The molecule has 3 N–H and O–H groups in total. The van der Waals surface area contributed by atoms with Crippen LogP contribution in [-0.2, 0) is 17.5 Å². The Hall–Kier alpha value is -5.18. The molecule has 3 aromatic rings. The van der Waals surface area contributed by atoms with Crippen molar-refractivity contribution in [2.75, 3.05) is 13.1 Å². The van der Waals surface area contributed by atoms with E-state index in [-0.39, 0.29) is 49.6 Å². The van der Waals surface area contributed by atoms with Crippen LogP contribution in [0.25, 0.3) is 0 Å². The molecule has 0 radical (unpaired) electrons. The Morgan fingerprint density at radius 2 is 1.71 bits per heavy atom. The second-order valence-corrected chi connectivity index (χ2v) is 9.55. The number of hydrogen-bond donors (Lipinski definition) is 2. The number of benzene rings is 3. The van der Waals surface area contributed by atoms with Crippen LogP contribution in [-0.4, -0.2) is 41.9 Å². The first-order chi connectivity index (χ1) is 20.0. The van der Waals surface area contributed by atoms with E-state index in [1.165, 1.54) is 18.2 Å². The summed E-state index contributed by atoms with van der Waals surface area (Å²) in [5.74, 6) is -2.41. The molecule has 216 valence electrons. The van der Waals surface area contributed by atoms with Crippen LogP contribution in [0, 0.1) is 11.3 Å². The van der Waals surface area contributed by atoms with Crippen molar-refractivity contribution in [1.29, 1.82) is 5.26 Å². The number of nitrogens with two attached hydrogens (primary N) is 1. The van der Waals surface area contributed by atoms with Gasteiger partial charge >= 0.3 is 12.3 Å². The number of aliphatic imine (C=N–C) groups is 1. The number of hydrogen-bond acceptors (Lipinski definition) is 5. The van der Waals surface area contributed by atoms with Crippen molar-refractivity contribution in [2.45, 2.75) is 31.5 Å². The molecule has 4 rings (SSSR count). The summed E-state index contributed by atoms with van der Waals surface area (Å²) < 4.78 is 47.2. The molecule has 42 heavy (non-hydrogen) atoms. The molecule has 1 fully saturated rings. The Morgan fingerprint density at radius 3 is 2.38 bits per heavy atom. The fourth-order valence-electron chi connectivity index (χ4n) is 4.66. The number of nitrogens with zero attached hydrogens (tertiary/aromatic N) is 3. The van der Waals surface area contributed by atoms with E-state index in [4.69, 9.17) is 15.7 Å². The third-order valence-corrected chi connectivity index (χ3v) is 6.74. The molecule has 0 saturated carbocycles. The van der Waals surface area contributed by atoms with Gasteiger partial charge in [0.1, 0.15) is 6.61 Å². The van der Waals surface area contributed by atoms with E-state index in [0.717, 1.165) is 6.07 Å². The van der Waals surface area contributed by atoms with E-state index in [9.17, 15) is 27.6 Å². The number of amides is 3. The molecule has 0 aliphatic carbocycles. The van der Waals surface area contributed by atoms with Crippen LogP contribution in [0.1, 0.15) is 61.7 Å². The standard InChI is InChI=1S/C30H26F3N5O4/c31-30(32,33)25-16-22(26(39)36-28(35)37-29(41)42-18-19-5-2-1-3-6-19)9-10-24(25)21-11-13-38(14-12-21)27(40)23-8-4-7-20(15-23)17-34/h1-10,15-16,21H,11-14,18H2,(H3,35,36,37,39,41). The van der Waals surface area contributed by atoms with Crippen molar-refractivity contribution in [3.8, 4) is 6.07 Å². The quantitative estimate of drug-likeness (QED) is 0.324. The first kappa shape index (κ1) is 29.8.